The minimum Gasteiger partial charge on any atom is -0.444 e. The van der Waals surface area contributed by atoms with Gasteiger partial charge in [0, 0.05) is 169 Å². The number of carbonyl (C=O) groups is 12. The molecule has 760 valence electrons. The molecule has 0 radical (unpaired) electrons. The van der Waals surface area contributed by atoms with Crippen LogP contribution < -0.4 is 74.0 Å². The van der Waals surface area contributed by atoms with Crippen molar-refractivity contribution in [1.82, 2.24) is 95.9 Å². The molecule has 14 rings (SSSR count). The molecule has 1 saturated carbocycles. The van der Waals surface area contributed by atoms with Crippen LogP contribution in [0.25, 0.3) is 0 Å². The first kappa shape index (κ1) is 121. The van der Waals surface area contributed by atoms with Gasteiger partial charge in [-0.3, -0.25) is 78.3 Å². The van der Waals surface area contributed by atoms with Crippen LogP contribution in [0.5, 0.6) is 0 Å². The third-order valence-corrected chi connectivity index (χ3v) is 22.5. The number of nitrogens with one attached hydrogen (secondary N) is 7. The molecule has 4 atom stereocenters. The van der Waals surface area contributed by atoms with Gasteiger partial charge in [0.2, 0.25) is 17.7 Å². The van der Waals surface area contributed by atoms with Crippen molar-refractivity contribution in [3.05, 3.63) is 115 Å². The number of ether oxygens (including phenoxy) is 4. The summed E-state index contributed by atoms with van der Waals surface area (Å²) in [6.07, 6.45) is 8.80. The molecule has 49 heteroatoms. The van der Waals surface area contributed by atoms with Crippen molar-refractivity contribution in [2.24, 2.45) is 0 Å². The van der Waals surface area contributed by atoms with E-state index in [4.69, 9.17) is 65.4 Å². The predicted molar refractivity (Wildman–Crippen MR) is 522 cm³/mol. The predicted octanol–water partition coefficient (Wildman–Crippen LogP) is 8.11. The van der Waals surface area contributed by atoms with Crippen molar-refractivity contribution < 1.29 is 76.5 Å². The highest BCUT2D eigenvalue weighted by atomic mass is 79.9. The van der Waals surface area contributed by atoms with Crippen LogP contribution in [-0.2, 0) is 57.3 Å². The van der Waals surface area contributed by atoms with Crippen LogP contribution >= 0.6 is 62.3 Å². The average Bonchev–Trinajstić information content (AvgIpc) is 0.785. The van der Waals surface area contributed by atoms with Crippen LogP contribution in [0.3, 0.4) is 0 Å². The van der Waals surface area contributed by atoms with Gasteiger partial charge in [0.15, 0.2) is 5.78 Å². The van der Waals surface area contributed by atoms with Gasteiger partial charge in [-0.05, 0) is 109 Å². The summed E-state index contributed by atoms with van der Waals surface area (Å²) in [5.74, 6) is -2.44. The third kappa shape index (κ3) is 37.1. The van der Waals surface area contributed by atoms with Gasteiger partial charge in [0.1, 0.15) is 61.4 Å². The molecule has 8 saturated heterocycles. The average molecular weight is 2060 g/mol. The molecule has 8 aliphatic heterocycles. The Kier molecular flexibility index (Phi) is 48.8. The van der Waals surface area contributed by atoms with E-state index < -0.39 is 74.9 Å². The summed E-state index contributed by atoms with van der Waals surface area (Å²) in [4.78, 5) is 212. The van der Waals surface area contributed by atoms with Crippen molar-refractivity contribution in [2.75, 3.05) is 150 Å². The van der Waals surface area contributed by atoms with Gasteiger partial charge >= 0.3 is 24.4 Å². The molecular weight excluding hydrogens is 1920 g/mol. The number of alkyl halides is 1. The van der Waals surface area contributed by atoms with E-state index in [9.17, 15) is 81.5 Å². The number of H-pyrrole nitrogens is 2. The van der Waals surface area contributed by atoms with Crippen molar-refractivity contribution >= 4 is 156 Å². The van der Waals surface area contributed by atoms with E-state index in [1.165, 1.54) is 36.9 Å². The van der Waals surface area contributed by atoms with Gasteiger partial charge in [-0.1, -0.05) is 107 Å². The highest BCUT2D eigenvalue weighted by Gasteiger charge is 2.37. The number of imide groups is 3. The summed E-state index contributed by atoms with van der Waals surface area (Å²) < 4.78 is 24.6. The second kappa shape index (κ2) is 54.8. The number of hydrogen-bond acceptors (Lipinski definition) is 32. The van der Waals surface area contributed by atoms with Crippen LogP contribution in [-0.4, -0.2) is 299 Å². The highest BCUT2D eigenvalue weighted by molar-refractivity contribution is 9.10. The second-order valence-corrected chi connectivity index (χ2v) is 37.4. The van der Waals surface area contributed by atoms with Crippen LogP contribution in [0.2, 0.25) is 20.1 Å². The molecule has 9 aliphatic rings. The zero-order valence-corrected chi connectivity index (χ0v) is 79.1. The van der Waals surface area contributed by atoms with Crippen LogP contribution in [0.15, 0.2) is 67.1 Å². The molecule has 0 aromatic carbocycles. The van der Waals surface area contributed by atoms with Crippen LogP contribution in [0.1, 0.15) is 204 Å². The normalized spacial score (nSPS) is 19.0. The quantitative estimate of drug-likeness (QED) is 0.0350. The molecular formula is C87H136BrCl4N23O21. The largest absolute Gasteiger partial charge is 0.444 e. The van der Waals surface area contributed by atoms with Gasteiger partial charge in [-0.15, -0.1) is 0 Å². The van der Waals surface area contributed by atoms with Gasteiger partial charge in [-0.2, -0.15) is 25.5 Å². The molecule has 13 heterocycles. The number of anilines is 4. The molecule has 5 aromatic rings. The van der Waals surface area contributed by atoms with E-state index in [0.29, 0.717) is 115 Å². The van der Waals surface area contributed by atoms with Crippen molar-refractivity contribution in [1.29, 1.82) is 0 Å². The lowest BCUT2D eigenvalue weighted by atomic mass is 9.98. The lowest BCUT2D eigenvalue weighted by molar-refractivity contribution is -0.137. The first-order chi connectivity index (χ1) is 61.0. The number of halogens is 5. The van der Waals surface area contributed by atoms with E-state index in [-0.39, 0.29) is 173 Å². The molecule has 44 nitrogen and oxygen atoms in total. The molecule has 9 fully saturated rings. The van der Waals surface area contributed by atoms with Crippen molar-refractivity contribution in [2.45, 2.75) is 231 Å². The molecule has 0 bridgehead atoms. The minimum absolute atomic E-state index is 0. The lowest BCUT2D eigenvalue weighted by Gasteiger charge is -2.36. The Balaban J connectivity index is 0.000000551. The zero-order valence-electron chi connectivity index (χ0n) is 74.5. The molecule has 136 heavy (non-hydrogen) atoms. The summed E-state index contributed by atoms with van der Waals surface area (Å²) in [7, 11) is 0. The van der Waals surface area contributed by atoms with E-state index in [1.54, 1.807) is 25.8 Å². The van der Waals surface area contributed by atoms with Gasteiger partial charge < -0.3 is 68.8 Å². The summed E-state index contributed by atoms with van der Waals surface area (Å²) in [6, 6.07) is 0.591. The summed E-state index contributed by atoms with van der Waals surface area (Å²) in [5, 5.41) is 37.2. The number of aromatic amines is 2. The van der Waals surface area contributed by atoms with E-state index in [1.807, 2.05) is 97.8 Å². The third-order valence-electron chi connectivity index (χ3n) is 20.1. The molecule has 10 amide bonds. The summed E-state index contributed by atoms with van der Waals surface area (Å²) in [5.41, 5.74) is -1.75. The Labute approximate surface area is 820 Å². The number of rotatable bonds is 7. The van der Waals surface area contributed by atoms with Crippen LogP contribution in [0, 0.1) is 0 Å². The first-order valence-electron chi connectivity index (χ1n) is 42.1. The standard InChI is InChI=1S/C18H24ClN5O5.C18H25N5O5.C13H19ClN4O3.C13H17N5O3.C9H18N2O2.C6H7BrO2.C4H2Cl2N2O.6CH4/c1-18(2,3)29-17(28)23-8-6-22(7-9-23)12-10-20-24(16(27)14(12)19)11-4-5-13(25)21-15(11)26;1-18(2,3)28-17(27)22-8-6-21(7-9-22)12-10-15(25)23(19-11-12)13-4-5-14(24)20-16(13)26;1-13(2,3)21-12(20)18-6-4-17(5-7-18)9-8-15-16-11(19)10(9)14;19-11-2-1-10(13(21)16-11)18-12(20)7-9(8-15-18)17-5-3-14-4-6-17;1-9(2,3)13-8(12)11-6-4-10-5-7-11;7-5-2-1-4(8)3-6(5)9;5-2-1-7-8-4(9)3(2)6;;;;;;/h10-11H,4-9H2,1-3H3,(H,21,25,26);10-11,13H,4-9H2,1-3H3,(H,20,24,26);8H,4-7H2,1-3H3,(H,16,19);7-8,10,14H,1-6H2,(H,16,19,21);10H,4-7H2,1-3H3;5H,1-3H2;1H,(H,8,9);6*1H4. The number of nitrogens with zero attached hydrogens (tertiary/aromatic N) is 16. The van der Waals surface area contributed by atoms with Crippen molar-refractivity contribution in [3.8, 4) is 0 Å². The maximum Gasteiger partial charge on any atom is 0.410 e. The fourth-order valence-corrected chi connectivity index (χ4v) is 14.6. The fourth-order valence-electron chi connectivity index (χ4n) is 13.5. The fraction of sp³-hybridized carbons (Fsp3) is 0.632. The number of amides is 10. The Morgan fingerprint density at radius 2 is 0.691 bits per heavy atom. The number of carbonyl (C=O) groups excluding carboxylic acids is 12. The lowest BCUT2D eigenvalue weighted by Crippen LogP contribution is -2.50. The minimum atomic E-state index is -0.865. The second-order valence-electron chi connectivity index (χ2n) is 34.8. The van der Waals surface area contributed by atoms with E-state index >= 15 is 0 Å². The van der Waals surface area contributed by atoms with Gasteiger partial charge in [-0.25, -0.2) is 43.4 Å². The Morgan fingerprint density at radius 1 is 0.375 bits per heavy atom. The molecule has 7 N–H and O–H groups in total. The first-order valence-corrected chi connectivity index (χ1v) is 44.6. The molecule has 0 spiro atoms. The molecule has 1 aliphatic carbocycles. The topological polar surface area (TPSA) is 524 Å². The Hall–Kier alpha value is -11.0. The summed E-state index contributed by atoms with van der Waals surface area (Å²) >= 11 is 26.2. The number of piperidine rings is 3. The Bertz CT molecular complexity index is 5210. The Morgan fingerprint density at radius 3 is 1.02 bits per heavy atom. The number of aromatic nitrogens is 10. The number of hydrogen-bond donors (Lipinski definition) is 7. The van der Waals surface area contributed by atoms with Crippen molar-refractivity contribution in [3.63, 3.8) is 0 Å². The number of Topliss-reactive ketones (excluding diaryl/α,β-unsaturated/α-hetero) is 2. The van der Waals surface area contributed by atoms with E-state index in [2.05, 4.69) is 83.1 Å². The van der Waals surface area contributed by atoms with Gasteiger partial charge in [0.25, 0.3) is 45.5 Å². The molecule has 4 unspecified atom stereocenters. The van der Waals surface area contributed by atoms with Gasteiger partial charge in [0.05, 0.1) is 70.0 Å². The smallest absolute Gasteiger partial charge is 0.410 e. The molecule has 5 aromatic heterocycles. The SMILES string of the molecule is C.C.C.C.C.C.CC(C)(C)OC(=O)N1CCN(c2cn[nH]c(=O)c2Cl)CC1.CC(C)(C)OC(=O)N1CCN(c2cnn(C3CCC(=O)NC3=O)c(=O)c2)CC1.CC(C)(C)OC(=O)N1CCN(c2cnn(C3CCC(=O)NC3=O)c(=O)c2Cl)CC1.CC(C)(C)OC(=O)N1CCNCC1.O=C1CCC(Br)C(=O)C1.O=C1CCC(n2ncc(N3CCNCC3)cc2=O)C(=O)N1.O=c1[nH]ncc(Cl)c1Cl. The monoisotopic (exact) mass is 2060 g/mol. The number of piperazine rings is 5. The summed E-state index contributed by atoms with van der Waals surface area (Å²) in [6.45, 7) is 34.6. The highest BCUT2D eigenvalue weighted by Crippen LogP contribution is 2.29. The maximum absolute atomic E-state index is 12.7. The number of ketones is 2. The van der Waals surface area contributed by atoms with E-state index in [0.717, 1.165) is 72.1 Å². The zero-order chi connectivity index (χ0) is 95.9. The maximum atomic E-state index is 12.7. The van der Waals surface area contributed by atoms with Crippen LogP contribution in [0.4, 0.5) is 41.9 Å².